The number of ketones is 1. The van der Waals surface area contributed by atoms with Crippen LogP contribution in [0, 0.1) is 0 Å². The van der Waals surface area contributed by atoms with Crippen LogP contribution in [0.25, 0.3) is 0 Å². The molecule has 6 rings (SSSR count). The third kappa shape index (κ3) is 3.23. The van der Waals surface area contributed by atoms with Gasteiger partial charge in [0.05, 0.1) is 17.4 Å². The number of halogens is 1. The third-order valence-electron chi connectivity index (χ3n) is 6.06. The molecule has 3 heterocycles. The van der Waals surface area contributed by atoms with E-state index in [0.29, 0.717) is 17.9 Å². The molecule has 0 fully saturated rings. The lowest BCUT2D eigenvalue weighted by Gasteiger charge is -2.29. The van der Waals surface area contributed by atoms with Crippen LogP contribution in [0.5, 0.6) is 11.5 Å². The van der Waals surface area contributed by atoms with Crippen molar-refractivity contribution in [2.75, 3.05) is 17.4 Å². The van der Waals surface area contributed by atoms with Crippen molar-refractivity contribution in [3.8, 4) is 11.5 Å². The average molecular weight is 495 g/mol. The number of ether oxygens (including phenoxy) is 2. The molecule has 3 aliphatic rings. The smallest absolute Gasteiger partial charge is 0.231 e. The Morgan fingerprint density at radius 2 is 1.81 bits per heavy atom. The molecule has 156 valence electrons. The zero-order valence-electron chi connectivity index (χ0n) is 16.5. The van der Waals surface area contributed by atoms with Gasteiger partial charge in [0, 0.05) is 33.0 Å². The first kappa shape index (κ1) is 19.0. The maximum Gasteiger partial charge on any atom is 0.231 e. The van der Waals surface area contributed by atoms with E-state index in [2.05, 4.69) is 44.1 Å². The summed E-state index contributed by atoms with van der Waals surface area (Å²) in [5.41, 5.74) is 4.68. The number of fused-ring (bicyclic) bond motifs is 2. The quantitative estimate of drug-likeness (QED) is 0.442. The van der Waals surface area contributed by atoms with E-state index in [1.165, 1.54) is 4.88 Å². The molecule has 2 aliphatic heterocycles. The zero-order chi connectivity index (χ0) is 20.9. The molecule has 0 unspecified atom stereocenters. The number of allylic oxidation sites excluding steroid dienone is 1. The van der Waals surface area contributed by atoms with Gasteiger partial charge in [-0.2, -0.15) is 0 Å². The van der Waals surface area contributed by atoms with Crippen molar-refractivity contribution in [1.29, 1.82) is 0 Å². The van der Waals surface area contributed by atoms with Gasteiger partial charge >= 0.3 is 0 Å². The van der Waals surface area contributed by atoms with Gasteiger partial charge in [-0.05, 0) is 47.7 Å². The van der Waals surface area contributed by atoms with Crippen molar-refractivity contribution < 1.29 is 14.3 Å². The van der Waals surface area contributed by atoms with E-state index < -0.39 is 0 Å². The summed E-state index contributed by atoms with van der Waals surface area (Å²) < 4.78 is 12.0. The summed E-state index contributed by atoms with van der Waals surface area (Å²) in [6.45, 7) is 0.211. The van der Waals surface area contributed by atoms with E-state index in [1.807, 2.05) is 36.4 Å². The topological polar surface area (TPSA) is 59.6 Å². The van der Waals surface area contributed by atoms with Gasteiger partial charge in [-0.25, -0.2) is 0 Å². The minimum absolute atomic E-state index is 0.169. The van der Waals surface area contributed by atoms with Crippen molar-refractivity contribution in [3.05, 3.63) is 80.1 Å². The molecule has 0 spiro atoms. The Morgan fingerprint density at radius 1 is 1.00 bits per heavy atom. The van der Waals surface area contributed by atoms with Crippen molar-refractivity contribution >= 4 is 44.4 Å². The molecule has 0 saturated heterocycles. The van der Waals surface area contributed by atoms with Gasteiger partial charge in [-0.1, -0.05) is 34.1 Å². The van der Waals surface area contributed by atoms with Crippen LogP contribution in [0.2, 0.25) is 0 Å². The second-order valence-electron chi connectivity index (χ2n) is 7.91. The SMILES string of the molecule is O=C1C[C@H](c2cccs2)CC2=C1[C@@H](c1cc3c(cc1Br)OCO3)Nc1ccccc1N2. The van der Waals surface area contributed by atoms with Gasteiger partial charge in [0.15, 0.2) is 17.3 Å². The zero-order valence-corrected chi connectivity index (χ0v) is 18.9. The van der Waals surface area contributed by atoms with Crippen LogP contribution < -0.4 is 20.1 Å². The number of para-hydroxylation sites is 2. The molecule has 1 aliphatic carbocycles. The minimum atomic E-state index is -0.299. The summed E-state index contributed by atoms with van der Waals surface area (Å²) in [7, 11) is 0. The number of hydrogen-bond acceptors (Lipinski definition) is 6. The Bertz CT molecular complexity index is 1220. The lowest BCUT2D eigenvalue weighted by molar-refractivity contribution is -0.116. The predicted molar refractivity (Wildman–Crippen MR) is 125 cm³/mol. The molecule has 2 aromatic carbocycles. The second kappa shape index (κ2) is 7.43. The average Bonchev–Trinajstić information content (AvgIpc) is 3.42. The van der Waals surface area contributed by atoms with Crippen molar-refractivity contribution in [2.45, 2.75) is 24.8 Å². The number of carbonyl (C=O) groups excluding carboxylic acids is 1. The van der Waals surface area contributed by atoms with Gasteiger partial charge < -0.3 is 20.1 Å². The first-order valence-corrected chi connectivity index (χ1v) is 11.9. The molecule has 3 aromatic rings. The minimum Gasteiger partial charge on any atom is -0.454 e. The van der Waals surface area contributed by atoms with E-state index in [9.17, 15) is 4.79 Å². The van der Waals surface area contributed by atoms with Gasteiger partial charge in [0.1, 0.15) is 0 Å². The predicted octanol–water partition coefficient (Wildman–Crippen LogP) is 6.22. The standard InChI is InChI=1S/C24H19BrN2O3S/c25-15-11-21-20(29-12-30-21)10-14(15)24-23-18(26-16-4-1-2-5-17(16)27-24)8-13(9-19(23)28)22-6-3-7-31-22/h1-7,10-11,13,24,26-27H,8-9,12H2/t13-,24-/m1/s1. The molecule has 0 amide bonds. The van der Waals surface area contributed by atoms with Gasteiger partial charge in [0.25, 0.3) is 0 Å². The highest BCUT2D eigenvalue weighted by Crippen LogP contribution is 2.48. The van der Waals surface area contributed by atoms with Crippen molar-refractivity contribution in [1.82, 2.24) is 0 Å². The van der Waals surface area contributed by atoms with Crippen LogP contribution >= 0.6 is 27.3 Å². The van der Waals surface area contributed by atoms with Gasteiger partial charge in [-0.3, -0.25) is 4.79 Å². The molecule has 2 N–H and O–H groups in total. The Labute approximate surface area is 192 Å². The number of thiophene rings is 1. The van der Waals surface area contributed by atoms with Gasteiger partial charge in [-0.15, -0.1) is 11.3 Å². The van der Waals surface area contributed by atoms with Crippen LogP contribution in [0.4, 0.5) is 11.4 Å². The maximum atomic E-state index is 13.6. The monoisotopic (exact) mass is 494 g/mol. The summed E-state index contributed by atoms with van der Waals surface area (Å²) in [6, 6.07) is 15.9. The number of nitrogens with one attached hydrogen (secondary N) is 2. The molecular formula is C24H19BrN2O3S. The number of rotatable bonds is 2. The summed E-state index contributed by atoms with van der Waals surface area (Å²) in [4.78, 5) is 14.8. The van der Waals surface area contributed by atoms with E-state index in [-0.39, 0.29) is 24.5 Å². The molecule has 0 radical (unpaired) electrons. The summed E-state index contributed by atoms with van der Waals surface area (Å²) in [5, 5.41) is 9.28. The van der Waals surface area contributed by atoms with E-state index in [0.717, 1.165) is 39.1 Å². The summed E-state index contributed by atoms with van der Waals surface area (Å²) >= 11 is 5.42. The van der Waals surface area contributed by atoms with E-state index in [4.69, 9.17) is 9.47 Å². The Morgan fingerprint density at radius 3 is 2.61 bits per heavy atom. The van der Waals surface area contributed by atoms with Crippen LogP contribution in [0.15, 0.2) is 69.7 Å². The van der Waals surface area contributed by atoms with Crippen LogP contribution in [-0.2, 0) is 4.79 Å². The molecule has 31 heavy (non-hydrogen) atoms. The Hall–Kier alpha value is -2.77. The fourth-order valence-electron chi connectivity index (χ4n) is 4.60. The molecule has 1 aromatic heterocycles. The van der Waals surface area contributed by atoms with Crippen LogP contribution in [-0.4, -0.2) is 12.6 Å². The van der Waals surface area contributed by atoms with Crippen molar-refractivity contribution in [3.63, 3.8) is 0 Å². The number of anilines is 2. The number of hydrogen-bond donors (Lipinski definition) is 2. The summed E-state index contributed by atoms with van der Waals surface area (Å²) in [6.07, 6.45) is 1.31. The molecule has 0 saturated carbocycles. The Balaban J connectivity index is 1.50. The number of carbonyl (C=O) groups is 1. The van der Waals surface area contributed by atoms with Gasteiger partial charge in [0.2, 0.25) is 6.79 Å². The molecule has 2 atom stereocenters. The molecule has 0 bridgehead atoms. The molecule has 7 heteroatoms. The fraction of sp³-hybridized carbons (Fsp3) is 0.208. The third-order valence-corrected chi connectivity index (χ3v) is 7.78. The first-order valence-electron chi connectivity index (χ1n) is 10.2. The van der Waals surface area contributed by atoms with E-state index in [1.54, 1.807) is 11.3 Å². The number of benzene rings is 2. The van der Waals surface area contributed by atoms with Crippen LogP contribution in [0.1, 0.15) is 35.2 Å². The second-order valence-corrected chi connectivity index (χ2v) is 9.74. The highest BCUT2D eigenvalue weighted by atomic mass is 79.9. The van der Waals surface area contributed by atoms with E-state index >= 15 is 0 Å². The van der Waals surface area contributed by atoms with Crippen LogP contribution in [0.3, 0.4) is 0 Å². The highest BCUT2D eigenvalue weighted by molar-refractivity contribution is 9.10. The largest absolute Gasteiger partial charge is 0.454 e. The lowest BCUT2D eigenvalue weighted by Crippen LogP contribution is -2.26. The molecule has 5 nitrogen and oxygen atoms in total. The lowest BCUT2D eigenvalue weighted by atomic mass is 9.80. The maximum absolute atomic E-state index is 13.6. The highest BCUT2D eigenvalue weighted by Gasteiger charge is 2.37. The van der Waals surface area contributed by atoms with Crippen molar-refractivity contribution in [2.24, 2.45) is 0 Å². The Kier molecular flexibility index (Phi) is 4.54. The summed E-state index contributed by atoms with van der Waals surface area (Å²) in [5.74, 6) is 1.78. The first-order chi connectivity index (χ1) is 15.2. The fourth-order valence-corrected chi connectivity index (χ4v) is 5.99. The normalized spacial score (nSPS) is 21.6. The number of Topliss-reactive ketones (excluding diaryl/α,β-unsaturated/α-hetero) is 1. The molecular weight excluding hydrogens is 476 g/mol.